The van der Waals surface area contributed by atoms with Crippen LogP contribution >= 0.6 is 0 Å². The number of hydrogen-bond acceptors (Lipinski definition) is 2. The number of rotatable bonds is 2. The normalized spacial score (nSPS) is 10.7. The van der Waals surface area contributed by atoms with Crippen LogP contribution in [0.3, 0.4) is 0 Å². The lowest BCUT2D eigenvalue weighted by atomic mass is 10.2. The highest BCUT2D eigenvalue weighted by molar-refractivity contribution is 5.56. The number of aryl methyl sites for hydroxylation is 1. The molecule has 0 atom stereocenters. The second-order valence-electron chi connectivity index (χ2n) is 5.44. The van der Waals surface area contributed by atoms with Crippen molar-refractivity contribution in [3.63, 3.8) is 0 Å². The number of H-pyrrole nitrogens is 2. The highest BCUT2D eigenvalue weighted by Gasteiger charge is 2.09. The summed E-state index contributed by atoms with van der Waals surface area (Å²) in [5, 5.41) is 0.0747. The Morgan fingerprint density at radius 1 is 1.04 bits per heavy atom. The standard InChI is InChI=1S/C18H17N3O2/c1-11-9-14(10-16-17(22)19-13(3)20-18(16)23)12(2)21(11)15-7-5-4-6-8-15/h4-10H,3H2,1-2H3,(H,19,22)(H,20,23). The van der Waals surface area contributed by atoms with E-state index in [-0.39, 0.29) is 10.7 Å². The molecular weight excluding hydrogens is 290 g/mol. The maximum atomic E-state index is 12.0. The molecule has 0 bridgehead atoms. The molecule has 0 aliphatic heterocycles. The van der Waals surface area contributed by atoms with Crippen LogP contribution < -0.4 is 21.8 Å². The Morgan fingerprint density at radius 3 is 2.26 bits per heavy atom. The van der Waals surface area contributed by atoms with Gasteiger partial charge in [0.2, 0.25) is 0 Å². The SMILES string of the molecule is C=c1[nH]c(=O)c(=Cc2cc(C)n(-c3ccccc3)c2C)c(=O)[nH]1. The number of hydrogen-bond donors (Lipinski definition) is 2. The summed E-state index contributed by atoms with van der Waals surface area (Å²) < 4.78 is 2.09. The van der Waals surface area contributed by atoms with Crippen LogP contribution in [0.4, 0.5) is 0 Å². The van der Waals surface area contributed by atoms with Crippen LogP contribution in [0.1, 0.15) is 17.0 Å². The van der Waals surface area contributed by atoms with E-state index < -0.39 is 11.1 Å². The Bertz CT molecular complexity index is 1050. The molecule has 23 heavy (non-hydrogen) atoms. The van der Waals surface area contributed by atoms with Crippen molar-refractivity contribution >= 4 is 12.7 Å². The summed E-state index contributed by atoms with van der Waals surface area (Å²) in [5.74, 6) is 0. The number of para-hydroxylation sites is 1. The van der Waals surface area contributed by atoms with Crippen LogP contribution in [0.2, 0.25) is 0 Å². The van der Waals surface area contributed by atoms with Gasteiger partial charge in [0.15, 0.2) is 0 Å². The van der Waals surface area contributed by atoms with Gasteiger partial charge in [-0.1, -0.05) is 24.8 Å². The molecule has 0 aliphatic rings. The molecule has 2 N–H and O–H groups in total. The van der Waals surface area contributed by atoms with Gasteiger partial charge in [0.1, 0.15) is 10.7 Å². The second-order valence-corrected chi connectivity index (χ2v) is 5.44. The summed E-state index contributed by atoms with van der Waals surface area (Å²) in [7, 11) is 0. The zero-order valence-corrected chi connectivity index (χ0v) is 13.0. The number of benzene rings is 1. The molecule has 3 aromatic rings. The molecule has 0 radical (unpaired) electrons. The van der Waals surface area contributed by atoms with E-state index in [2.05, 4.69) is 21.1 Å². The predicted molar refractivity (Wildman–Crippen MR) is 91.3 cm³/mol. The Balaban J connectivity index is 2.25. The molecular formula is C18H17N3O2. The topological polar surface area (TPSA) is 70.7 Å². The molecule has 0 aliphatic carbocycles. The minimum absolute atomic E-state index is 0.0747. The molecule has 1 aromatic carbocycles. The molecule has 0 spiro atoms. The van der Waals surface area contributed by atoms with Gasteiger partial charge in [-0.2, -0.15) is 0 Å². The van der Waals surface area contributed by atoms with Gasteiger partial charge in [-0.15, -0.1) is 0 Å². The van der Waals surface area contributed by atoms with Crippen molar-refractivity contribution in [2.45, 2.75) is 13.8 Å². The zero-order chi connectivity index (χ0) is 16.6. The average Bonchev–Trinajstić information content (AvgIpc) is 2.78. The number of aromatic amines is 2. The summed E-state index contributed by atoms with van der Waals surface area (Å²) in [4.78, 5) is 29.0. The molecule has 3 rings (SSSR count). The van der Waals surface area contributed by atoms with E-state index in [1.54, 1.807) is 6.08 Å². The van der Waals surface area contributed by atoms with Crippen molar-refractivity contribution < 1.29 is 0 Å². The van der Waals surface area contributed by atoms with Crippen molar-refractivity contribution in [2.24, 2.45) is 0 Å². The number of aromatic nitrogens is 3. The summed E-state index contributed by atoms with van der Waals surface area (Å²) in [6.07, 6.45) is 1.61. The third-order valence-corrected chi connectivity index (χ3v) is 3.80. The van der Waals surface area contributed by atoms with Crippen molar-refractivity contribution in [1.82, 2.24) is 14.5 Å². The van der Waals surface area contributed by atoms with Crippen molar-refractivity contribution in [3.8, 4) is 5.69 Å². The van der Waals surface area contributed by atoms with E-state index in [0.29, 0.717) is 0 Å². The van der Waals surface area contributed by atoms with Crippen LogP contribution in [-0.2, 0) is 0 Å². The molecule has 5 heteroatoms. The molecule has 5 nitrogen and oxygen atoms in total. The summed E-state index contributed by atoms with van der Waals surface area (Å²) in [6, 6.07) is 11.9. The minimum Gasteiger partial charge on any atom is -0.318 e. The van der Waals surface area contributed by atoms with E-state index in [1.165, 1.54) is 0 Å². The largest absolute Gasteiger partial charge is 0.318 e. The first-order valence-electron chi connectivity index (χ1n) is 7.25. The van der Waals surface area contributed by atoms with Crippen LogP contribution in [0.25, 0.3) is 18.3 Å². The van der Waals surface area contributed by atoms with Crippen LogP contribution in [-0.4, -0.2) is 14.5 Å². The van der Waals surface area contributed by atoms with E-state index in [1.807, 2.05) is 50.2 Å². The van der Waals surface area contributed by atoms with E-state index in [9.17, 15) is 9.59 Å². The van der Waals surface area contributed by atoms with E-state index in [0.717, 1.165) is 22.6 Å². The van der Waals surface area contributed by atoms with Gasteiger partial charge < -0.3 is 14.5 Å². The van der Waals surface area contributed by atoms with Crippen molar-refractivity contribution in [1.29, 1.82) is 0 Å². The summed E-state index contributed by atoms with van der Waals surface area (Å²) >= 11 is 0. The molecule has 0 unspecified atom stereocenters. The highest BCUT2D eigenvalue weighted by Crippen LogP contribution is 2.20. The molecule has 0 amide bonds. The number of nitrogens with zero attached hydrogens (tertiary/aromatic N) is 1. The first-order valence-corrected chi connectivity index (χ1v) is 7.25. The Hall–Kier alpha value is -3.08. The van der Waals surface area contributed by atoms with Crippen molar-refractivity contribution in [3.05, 3.63) is 84.8 Å². The molecule has 0 saturated carbocycles. The first kappa shape index (κ1) is 14.8. The Kier molecular flexibility index (Phi) is 3.62. The summed E-state index contributed by atoms with van der Waals surface area (Å²) in [5.41, 5.74) is 3.18. The lowest BCUT2D eigenvalue weighted by Crippen LogP contribution is -2.47. The lowest BCUT2D eigenvalue weighted by Gasteiger charge is -2.09. The molecule has 2 aromatic heterocycles. The molecule has 0 saturated heterocycles. The third kappa shape index (κ3) is 2.68. The van der Waals surface area contributed by atoms with Gasteiger partial charge in [-0.3, -0.25) is 9.59 Å². The fourth-order valence-electron chi connectivity index (χ4n) is 2.74. The van der Waals surface area contributed by atoms with E-state index >= 15 is 0 Å². The third-order valence-electron chi connectivity index (χ3n) is 3.80. The lowest BCUT2D eigenvalue weighted by molar-refractivity contribution is 0.963. The van der Waals surface area contributed by atoms with Crippen LogP contribution in [0.15, 0.2) is 46.0 Å². The fourth-order valence-corrected chi connectivity index (χ4v) is 2.74. The monoisotopic (exact) mass is 307 g/mol. The van der Waals surface area contributed by atoms with Gasteiger partial charge in [-0.05, 0) is 43.7 Å². The van der Waals surface area contributed by atoms with Crippen LogP contribution in [0, 0.1) is 13.8 Å². The van der Waals surface area contributed by atoms with Gasteiger partial charge in [0.25, 0.3) is 11.1 Å². The van der Waals surface area contributed by atoms with Crippen LogP contribution in [0.5, 0.6) is 0 Å². The zero-order valence-electron chi connectivity index (χ0n) is 13.0. The smallest absolute Gasteiger partial charge is 0.262 e. The fraction of sp³-hybridized carbons (Fsp3) is 0.111. The van der Waals surface area contributed by atoms with Crippen molar-refractivity contribution in [2.75, 3.05) is 0 Å². The molecule has 116 valence electrons. The number of nitrogens with one attached hydrogen (secondary N) is 2. The van der Waals surface area contributed by atoms with Gasteiger partial charge >= 0.3 is 0 Å². The Labute approximate surface area is 132 Å². The maximum absolute atomic E-state index is 12.0. The van der Waals surface area contributed by atoms with Gasteiger partial charge in [-0.25, -0.2) is 0 Å². The Morgan fingerprint density at radius 2 is 1.65 bits per heavy atom. The molecule has 2 heterocycles. The summed E-state index contributed by atoms with van der Waals surface area (Å²) in [6.45, 7) is 7.49. The maximum Gasteiger partial charge on any atom is 0.262 e. The molecule has 0 fully saturated rings. The highest BCUT2D eigenvalue weighted by atomic mass is 16.1. The minimum atomic E-state index is -0.441. The predicted octanol–water partition coefficient (Wildman–Crippen LogP) is 0.710. The quantitative estimate of drug-likeness (QED) is 0.732. The van der Waals surface area contributed by atoms with Gasteiger partial charge in [0.05, 0.1) is 0 Å². The first-order chi connectivity index (χ1) is 11.0. The van der Waals surface area contributed by atoms with E-state index in [4.69, 9.17) is 0 Å². The average molecular weight is 307 g/mol. The van der Waals surface area contributed by atoms with Gasteiger partial charge in [0, 0.05) is 17.1 Å². The second kappa shape index (κ2) is 5.61.